The van der Waals surface area contributed by atoms with Crippen LogP contribution >= 0.6 is 7.92 Å². The molecule has 2 aromatic carbocycles. The minimum absolute atomic E-state index is 0.0449. The van der Waals surface area contributed by atoms with Crippen LogP contribution in [-0.2, 0) is 16.2 Å². The smallest absolute Gasteiger partial charge is 0.127 e. The number of benzene rings is 2. The highest BCUT2D eigenvalue weighted by Crippen LogP contribution is 2.62. The van der Waals surface area contributed by atoms with Crippen molar-refractivity contribution in [1.29, 1.82) is 0 Å². The lowest BCUT2D eigenvalue weighted by Gasteiger charge is -2.44. The Labute approximate surface area is 230 Å². The molecule has 208 valence electrons. The van der Waals surface area contributed by atoms with Crippen molar-refractivity contribution >= 4 is 13.2 Å². The second-order valence-electron chi connectivity index (χ2n) is 15.6. The van der Waals surface area contributed by atoms with Crippen LogP contribution in [0.1, 0.15) is 121 Å². The Morgan fingerprint density at radius 1 is 0.514 bits per heavy atom. The second kappa shape index (κ2) is 10.2. The van der Waals surface area contributed by atoms with E-state index in [-0.39, 0.29) is 26.6 Å². The minimum atomic E-state index is -0.663. The normalized spacial score (nSPS) is 13.8. The van der Waals surface area contributed by atoms with Gasteiger partial charge in [0.25, 0.3) is 0 Å². The summed E-state index contributed by atoms with van der Waals surface area (Å²) in [6.45, 7) is 35.3. The van der Waals surface area contributed by atoms with E-state index in [1.165, 1.54) is 33.1 Å². The van der Waals surface area contributed by atoms with Gasteiger partial charge in [-0.1, -0.05) is 124 Å². The van der Waals surface area contributed by atoms with Gasteiger partial charge in [-0.05, 0) is 60.9 Å². The van der Waals surface area contributed by atoms with Crippen LogP contribution in [0.15, 0.2) is 24.3 Å². The largest absolute Gasteiger partial charge is 0.496 e. The molecule has 0 heterocycles. The summed E-state index contributed by atoms with van der Waals surface area (Å²) in [5.74, 6) is 1.89. The van der Waals surface area contributed by atoms with Gasteiger partial charge >= 0.3 is 0 Å². The summed E-state index contributed by atoms with van der Waals surface area (Å²) in [5, 5.41) is 1.45. The Balaban J connectivity index is 3.38. The maximum absolute atomic E-state index is 6.20. The summed E-state index contributed by atoms with van der Waals surface area (Å²) >= 11 is 0. The summed E-state index contributed by atoms with van der Waals surface area (Å²) in [6.07, 6.45) is 0. The van der Waals surface area contributed by atoms with E-state index in [4.69, 9.17) is 9.47 Å². The van der Waals surface area contributed by atoms with Crippen molar-refractivity contribution in [2.45, 2.75) is 130 Å². The SMILES string of the molecule is COc1ccc(OC)c(P(C(C)(C)C)C(C)(C)C)c1-c1c(C(C)(C)C)cc(C(C)(C)C)cc1C(C)(C)C. The Hall–Kier alpha value is -1.53. The fourth-order valence-corrected chi connectivity index (χ4v) is 9.74. The zero-order valence-electron chi connectivity index (χ0n) is 27.1. The zero-order valence-corrected chi connectivity index (χ0v) is 28.0. The quantitative estimate of drug-likeness (QED) is 0.369. The van der Waals surface area contributed by atoms with E-state index in [1.54, 1.807) is 0 Å². The van der Waals surface area contributed by atoms with Crippen molar-refractivity contribution in [1.82, 2.24) is 0 Å². The van der Waals surface area contributed by atoms with E-state index >= 15 is 0 Å². The molecule has 0 aromatic heterocycles. The molecule has 0 unspecified atom stereocenters. The van der Waals surface area contributed by atoms with E-state index in [9.17, 15) is 0 Å². The lowest BCUT2D eigenvalue weighted by Crippen LogP contribution is -2.33. The molecule has 0 bridgehead atoms. The molecule has 2 rings (SSSR count). The van der Waals surface area contributed by atoms with E-state index < -0.39 is 7.92 Å². The average molecular weight is 527 g/mol. The predicted octanol–water partition coefficient (Wildman–Crippen LogP) is 9.97. The Morgan fingerprint density at radius 2 is 0.892 bits per heavy atom. The van der Waals surface area contributed by atoms with Crippen molar-refractivity contribution < 1.29 is 9.47 Å². The molecule has 0 N–H and O–H groups in total. The molecule has 0 saturated carbocycles. The van der Waals surface area contributed by atoms with Crippen molar-refractivity contribution in [2.75, 3.05) is 14.2 Å². The van der Waals surface area contributed by atoms with Gasteiger partial charge in [-0.25, -0.2) is 0 Å². The van der Waals surface area contributed by atoms with Crippen LogP contribution in [0.2, 0.25) is 0 Å². The van der Waals surface area contributed by atoms with Crippen LogP contribution in [0.5, 0.6) is 11.5 Å². The van der Waals surface area contributed by atoms with Gasteiger partial charge in [0.15, 0.2) is 0 Å². The standard InChI is InChI=1S/C34H55O2P/c1-30(2,3)22-20-23(31(4,5)6)27(24(21-22)32(7,8)9)28-25(35-16)18-19-26(36-17)29(28)37(33(10,11)12)34(13,14)15/h18-21H,1-17H3. The number of methoxy groups -OCH3 is 2. The molecular weight excluding hydrogens is 471 g/mol. The third-order valence-corrected chi connectivity index (χ3v) is 10.6. The molecule has 0 atom stereocenters. The van der Waals surface area contributed by atoms with Crippen LogP contribution in [0.4, 0.5) is 0 Å². The Morgan fingerprint density at radius 3 is 1.19 bits per heavy atom. The minimum Gasteiger partial charge on any atom is -0.496 e. The third-order valence-electron chi connectivity index (χ3n) is 6.98. The van der Waals surface area contributed by atoms with Crippen LogP contribution in [0.3, 0.4) is 0 Å². The fraction of sp³-hybridized carbons (Fsp3) is 0.647. The van der Waals surface area contributed by atoms with Crippen molar-refractivity contribution in [3.05, 3.63) is 41.0 Å². The monoisotopic (exact) mass is 526 g/mol. The fourth-order valence-electron chi connectivity index (χ4n) is 5.56. The molecule has 0 radical (unpaired) electrons. The Kier molecular flexibility index (Phi) is 8.75. The van der Waals surface area contributed by atoms with Gasteiger partial charge in [-0.3, -0.25) is 0 Å². The van der Waals surface area contributed by atoms with E-state index in [0.29, 0.717) is 0 Å². The van der Waals surface area contributed by atoms with E-state index in [1.807, 2.05) is 14.2 Å². The summed E-state index contributed by atoms with van der Waals surface area (Å²) in [7, 11) is 2.96. The highest BCUT2D eigenvalue weighted by atomic mass is 31.1. The van der Waals surface area contributed by atoms with Gasteiger partial charge in [0.1, 0.15) is 11.5 Å². The van der Waals surface area contributed by atoms with Gasteiger partial charge in [0.2, 0.25) is 0 Å². The van der Waals surface area contributed by atoms with E-state index in [0.717, 1.165) is 11.5 Å². The van der Waals surface area contributed by atoms with Gasteiger partial charge in [-0.2, -0.15) is 0 Å². The molecule has 2 aromatic rings. The number of rotatable bonds is 4. The first-order valence-corrected chi connectivity index (χ1v) is 15.1. The van der Waals surface area contributed by atoms with Crippen LogP contribution in [-0.4, -0.2) is 24.5 Å². The highest BCUT2D eigenvalue weighted by Gasteiger charge is 2.42. The maximum Gasteiger partial charge on any atom is 0.127 e. The molecule has 2 nitrogen and oxygen atoms in total. The molecule has 0 amide bonds. The first kappa shape index (κ1) is 31.7. The summed E-state index contributed by atoms with van der Waals surface area (Å²) < 4.78 is 12.4. The highest BCUT2D eigenvalue weighted by molar-refractivity contribution is 7.69. The molecule has 0 aliphatic heterocycles. The predicted molar refractivity (Wildman–Crippen MR) is 167 cm³/mol. The first-order valence-electron chi connectivity index (χ1n) is 13.7. The molecule has 0 aliphatic carbocycles. The molecule has 0 fully saturated rings. The number of hydrogen-bond acceptors (Lipinski definition) is 2. The molecule has 0 spiro atoms. The summed E-state index contributed by atoms with van der Waals surface area (Å²) in [6, 6.07) is 9.14. The van der Waals surface area contributed by atoms with Gasteiger partial charge in [0, 0.05) is 10.9 Å². The van der Waals surface area contributed by atoms with Gasteiger partial charge in [-0.15, -0.1) is 0 Å². The van der Waals surface area contributed by atoms with Crippen LogP contribution < -0.4 is 14.8 Å². The molecule has 37 heavy (non-hydrogen) atoms. The molecule has 0 saturated heterocycles. The Bertz CT molecular complexity index is 1060. The zero-order chi connectivity index (χ0) is 28.9. The average Bonchev–Trinajstić information content (AvgIpc) is 2.68. The van der Waals surface area contributed by atoms with Gasteiger partial charge < -0.3 is 9.47 Å². The lowest BCUT2D eigenvalue weighted by atomic mass is 9.71. The first-order chi connectivity index (χ1) is 16.5. The van der Waals surface area contributed by atoms with Crippen molar-refractivity contribution in [3.63, 3.8) is 0 Å². The molecular formula is C34H55O2P. The number of ether oxygens (including phenoxy) is 2. The topological polar surface area (TPSA) is 18.5 Å². The van der Waals surface area contributed by atoms with Crippen molar-refractivity contribution in [3.8, 4) is 22.6 Å². The third kappa shape index (κ3) is 6.73. The summed E-state index contributed by atoms with van der Waals surface area (Å²) in [4.78, 5) is 0. The van der Waals surface area contributed by atoms with Crippen LogP contribution in [0, 0.1) is 0 Å². The summed E-state index contributed by atoms with van der Waals surface area (Å²) in [5.41, 5.74) is 6.58. The van der Waals surface area contributed by atoms with Crippen LogP contribution in [0.25, 0.3) is 11.1 Å². The maximum atomic E-state index is 6.20. The van der Waals surface area contributed by atoms with Crippen molar-refractivity contribution in [2.24, 2.45) is 0 Å². The second-order valence-corrected chi connectivity index (χ2v) is 19.4. The molecule has 0 aliphatic rings. The number of hydrogen-bond donors (Lipinski definition) is 0. The van der Waals surface area contributed by atoms with E-state index in [2.05, 4.69) is 128 Å². The lowest BCUT2D eigenvalue weighted by molar-refractivity contribution is 0.406. The van der Waals surface area contributed by atoms with Gasteiger partial charge in [0.05, 0.1) is 14.2 Å². The molecule has 3 heteroatoms.